The molecule has 0 aliphatic carbocycles. The Morgan fingerprint density at radius 3 is 2.59 bits per heavy atom. The summed E-state index contributed by atoms with van der Waals surface area (Å²) in [7, 11) is -3.40. The third kappa shape index (κ3) is 3.11. The van der Waals surface area contributed by atoms with E-state index in [4.69, 9.17) is 4.74 Å². The van der Waals surface area contributed by atoms with Crippen LogP contribution in [-0.4, -0.2) is 56.4 Å². The lowest BCUT2D eigenvalue weighted by molar-refractivity contribution is -0.151. The summed E-state index contributed by atoms with van der Waals surface area (Å²) in [5, 5.41) is 9.92. The molecule has 4 rings (SSSR count). The summed E-state index contributed by atoms with van der Waals surface area (Å²) >= 11 is 0. The molecule has 2 heterocycles. The first-order valence-corrected chi connectivity index (χ1v) is 10.5. The van der Waals surface area contributed by atoms with Crippen molar-refractivity contribution in [2.45, 2.75) is 10.8 Å². The van der Waals surface area contributed by atoms with Gasteiger partial charge in [-0.05, 0) is 23.8 Å². The zero-order valence-corrected chi connectivity index (χ0v) is 15.6. The first kappa shape index (κ1) is 18.0. The second-order valence-corrected chi connectivity index (χ2v) is 9.32. The molecule has 2 aromatic carbocycles. The molecule has 0 bridgehead atoms. The molecule has 1 fully saturated rings. The fourth-order valence-electron chi connectivity index (χ4n) is 4.10. The second-order valence-electron chi connectivity index (χ2n) is 7.21. The monoisotopic (exact) mass is 387 g/mol. The van der Waals surface area contributed by atoms with Gasteiger partial charge in [0.25, 0.3) is 0 Å². The van der Waals surface area contributed by atoms with Crippen LogP contribution in [-0.2, 0) is 14.6 Å². The second kappa shape index (κ2) is 6.65. The van der Waals surface area contributed by atoms with Crippen molar-refractivity contribution in [1.29, 1.82) is 0 Å². The van der Waals surface area contributed by atoms with Crippen LogP contribution < -0.4 is 4.74 Å². The fraction of sp³-hybridized carbons (Fsp3) is 0.350. The Balaban J connectivity index is 1.55. The quantitative estimate of drug-likeness (QED) is 0.845. The van der Waals surface area contributed by atoms with Crippen molar-refractivity contribution in [1.82, 2.24) is 4.90 Å². The molecule has 0 spiro atoms. The van der Waals surface area contributed by atoms with Crippen LogP contribution in [0.3, 0.4) is 0 Å². The van der Waals surface area contributed by atoms with Crippen molar-refractivity contribution in [2.75, 3.05) is 32.0 Å². The Bertz CT molecular complexity index is 959. The normalized spacial score (nSPS) is 24.7. The number of fused-ring (bicyclic) bond motifs is 3. The van der Waals surface area contributed by atoms with Crippen LogP contribution in [0, 0.1) is 5.41 Å². The molecule has 142 valence electrons. The van der Waals surface area contributed by atoms with Gasteiger partial charge < -0.3 is 14.7 Å². The molecule has 0 radical (unpaired) electrons. The number of para-hydroxylation sites is 1. The molecular weight excluding hydrogens is 366 g/mol. The fourth-order valence-corrected chi connectivity index (χ4v) is 5.41. The van der Waals surface area contributed by atoms with E-state index < -0.39 is 21.2 Å². The van der Waals surface area contributed by atoms with Crippen molar-refractivity contribution < 1.29 is 23.1 Å². The van der Waals surface area contributed by atoms with Gasteiger partial charge in [0.1, 0.15) is 17.8 Å². The van der Waals surface area contributed by atoms with Gasteiger partial charge in [0.15, 0.2) is 9.84 Å². The van der Waals surface area contributed by atoms with E-state index in [1.165, 1.54) is 0 Å². The molecule has 1 N–H and O–H groups in total. The third-order valence-electron chi connectivity index (χ3n) is 5.60. The minimum atomic E-state index is -3.40. The predicted octanol–water partition coefficient (Wildman–Crippen LogP) is 2.02. The van der Waals surface area contributed by atoms with Crippen molar-refractivity contribution in [3.8, 4) is 5.75 Å². The van der Waals surface area contributed by atoms with E-state index in [-0.39, 0.29) is 24.8 Å². The zero-order chi connectivity index (χ0) is 19.1. The number of nitrogens with zero attached hydrogens (tertiary/aromatic N) is 1. The number of rotatable bonds is 5. The molecule has 2 aromatic rings. The average Bonchev–Trinajstić information content (AvgIpc) is 3.08. The number of likely N-dealkylation sites (tertiary alicyclic amines) is 1. The van der Waals surface area contributed by atoms with Crippen molar-refractivity contribution in [3.05, 3.63) is 60.2 Å². The van der Waals surface area contributed by atoms with Gasteiger partial charge in [-0.3, -0.25) is 4.79 Å². The molecule has 27 heavy (non-hydrogen) atoms. The lowest BCUT2D eigenvalue weighted by atomic mass is 9.73. The average molecular weight is 387 g/mol. The van der Waals surface area contributed by atoms with E-state index in [9.17, 15) is 18.3 Å². The van der Waals surface area contributed by atoms with Crippen LogP contribution in [0.1, 0.15) is 11.5 Å². The van der Waals surface area contributed by atoms with Gasteiger partial charge in [0.05, 0.1) is 10.6 Å². The number of benzene rings is 2. The summed E-state index contributed by atoms with van der Waals surface area (Å²) < 4.78 is 30.8. The molecule has 0 saturated carbocycles. The highest BCUT2D eigenvalue weighted by Crippen LogP contribution is 2.49. The van der Waals surface area contributed by atoms with E-state index in [1.807, 2.05) is 29.2 Å². The number of hydrogen-bond acceptors (Lipinski definition) is 5. The highest BCUT2D eigenvalue weighted by atomic mass is 32.2. The topological polar surface area (TPSA) is 83.9 Å². The summed E-state index contributed by atoms with van der Waals surface area (Å²) in [5.74, 6) is -0.421. The number of sulfone groups is 1. The molecule has 6 nitrogen and oxygen atoms in total. The summed E-state index contributed by atoms with van der Waals surface area (Å²) in [6.07, 6.45) is 0. The molecule has 0 amide bonds. The van der Waals surface area contributed by atoms with Gasteiger partial charge >= 0.3 is 5.97 Å². The van der Waals surface area contributed by atoms with Crippen molar-refractivity contribution in [3.63, 3.8) is 0 Å². The van der Waals surface area contributed by atoms with E-state index in [0.29, 0.717) is 18.0 Å². The maximum absolute atomic E-state index is 12.5. The maximum Gasteiger partial charge on any atom is 0.315 e. The largest absolute Gasteiger partial charge is 0.492 e. The predicted molar refractivity (Wildman–Crippen MR) is 99.7 cm³/mol. The molecule has 1 saturated heterocycles. The van der Waals surface area contributed by atoms with Crippen LogP contribution in [0.15, 0.2) is 59.5 Å². The summed E-state index contributed by atoms with van der Waals surface area (Å²) in [6.45, 7) is 1.19. The minimum absolute atomic E-state index is 0.0397. The third-order valence-corrected chi connectivity index (χ3v) is 7.31. The van der Waals surface area contributed by atoms with Crippen LogP contribution in [0.4, 0.5) is 0 Å². The highest BCUT2D eigenvalue weighted by Gasteiger charge is 2.56. The van der Waals surface area contributed by atoms with E-state index in [1.54, 1.807) is 30.3 Å². The number of carboxylic acid groups (broad SMARTS) is 1. The first-order valence-electron chi connectivity index (χ1n) is 8.88. The molecule has 7 heteroatoms. The lowest BCUT2D eigenvalue weighted by Crippen LogP contribution is -2.45. The molecule has 2 aliphatic heterocycles. The Morgan fingerprint density at radius 2 is 1.85 bits per heavy atom. The van der Waals surface area contributed by atoms with Gasteiger partial charge in [0, 0.05) is 25.6 Å². The molecular formula is C20H21NO5S. The number of carbonyl (C=O) groups is 1. The van der Waals surface area contributed by atoms with E-state index >= 15 is 0 Å². The van der Waals surface area contributed by atoms with Gasteiger partial charge in [-0.1, -0.05) is 36.4 Å². The summed E-state index contributed by atoms with van der Waals surface area (Å²) in [4.78, 5) is 14.3. The van der Waals surface area contributed by atoms with Crippen LogP contribution >= 0.6 is 0 Å². The van der Waals surface area contributed by atoms with E-state index in [0.717, 1.165) is 11.3 Å². The standard InChI is InChI=1S/C20H21NO5S/c22-19(23)20-13-21(10-11-27(24,25)15-6-2-1-3-7-15)12-17(20)16-8-4-5-9-18(16)26-14-20/h1-9,17H,10-14H2,(H,22,23). The van der Waals surface area contributed by atoms with Gasteiger partial charge in [0.2, 0.25) is 0 Å². The van der Waals surface area contributed by atoms with Crippen molar-refractivity contribution in [2.24, 2.45) is 5.41 Å². The first-order chi connectivity index (χ1) is 12.9. The van der Waals surface area contributed by atoms with Gasteiger partial charge in [-0.15, -0.1) is 0 Å². The Hall–Kier alpha value is -2.38. The SMILES string of the molecule is O=C(O)C12COc3ccccc3C1CN(CCS(=O)(=O)c1ccccc1)C2. The smallest absolute Gasteiger partial charge is 0.315 e. The summed E-state index contributed by atoms with van der Waals surface area (Å²) in [6, 6.07) is 15.8. The maximum atomic E-state index is 12.5. The van der Waals surface area contributed by atoms with E-state index in [2.05, 4.69) is 0 Å². The number of ether oxygens (including phenoxy) is 1. The molecule has 2 atom stereocenters. The summed E-state index contributed by atoms with van der Waals surface area (Å²) in [5.41, 5.74) is -0.148. The molecule has 0 aromatic heterocycles. The van der Waals surface area contributed by atoms with Gasteiger partial charge in [-0.2, -0.15) is 0 Å². The number of aliphatic carboxylic acids is 1. The Kier molecular flexibility index (Phi) is 4.44. The van der Waals surface area contributed by atoms with Crippen LogP contribution in [0.2, 0.25) is 0 Å². The number of hydrogen-bond donors (Lipinski definition) is 1. The highest BCUT2D eigenvalue weighted by molar-refractivity contribution is 7.91. The Labute approximate surface area is 158 Å². The molecule has 2 unspecified atom stereocenters. The van der Waals surface area contributed by atoms with Crippen LogP contribution in [0.5, 0.6) is 5.75 Å². The minimum Gasteiger partial charge on any atom is -0.492 e. The lowest BCUT2D eigenvalue weighted by Gasteiger charge is -2.35. The number of carboxylic acids is 1. The van der Waals surface area contributed by atoms with Crippen LogP contribution in [0.25, 0.3) is 0 Å². The molecule has 2 aliphatic rings. The Morgan fingerprint density at radius 1 is 1.15 bits per heavy atom. The van der Waals surface area contributed by atoms with Gasteiger partial charge in [-0.25, -0.2) is 8.42 Å². The zero-order valence-electron chi connectivity index (χ0n) is 14.7. The van der Waals surface area contributed by atoms with Crippen molar-refractivity contribution >= 4 is 15.8 Å².